The minimum absolute atomic E-state index is 0.200. The summed E-state index contributed by atoms with van der Waals surface area (Å²) in [5.41, 5.74) is 1.38. The molecular formula is C19H19N5O2S. The molecule has 1 aromatic carbocycles. The van der Waals surface area contributed by atoms with Crippen LogP contribution in [0.2, 0.25) is 0 Å². The first kappa shape index (κ1) is 17.5. The van der Waals surface area contributed by atoms with Crippen molar-refractivity contribution >= 4 is 32.4 Å². The van der Waals surface area contributed by atoms with E-state index in [9.17, 15) is 8.42 Å². The number of nitrogens with zero attached hydrogens (tertiary/aromatic N) is 3. The Kier molecular flexibility index (Phi) is 4.56. The smallest absolute Gasteiger partial charge is 0.269 e. The zero-order valence-corrected chi connectivity index (χ0v) is 15.4. The van der Waals surface area contributed by atoms with Crippen LogP contribution in [0.15, 0.2) is 53.7 Å². The van der Waals surface area contributed by atoms with Crippen molar-refractivity contribution in [2.24, 2.45) is 0 Å². The summed E-state index contributed by atoms with van der Waals surface area (Å²) in [6, 6.07) is 10.2. The zero-order chi connectivity index (χ0) is 18.9. The zero-order valence-electron chi connectivity index (χ0n) is 14.6. The molecule has 0 saturated carbocycles. The van der Waals surface area contributed by atoms with Gasteiger partial charge in [0.25, 0.3) is 10.0 Å². The highest BCUT2D eigenvalue weighted by Gasteiger charge is 2.23. The number of nitrogens with one attached hydrogen (secondary N) is 2. The van der Waals surface area contributed by atoms with Crippen LogP contribution in [-0.4, -0.2) is 36.5 Å². The third kappa shape index (κ3) is 3.16. The van der Waals surface area contributed by atoms with Gasteiger partial charge in [-0.25, -0.2) is 22.2 Å². The van der Waals surface area contributed by atoms with Crippen molar-refractivity contribution in [2.45, 2.75) is 23.8 Å². The molecule has 0 atom stereocenters. The lowest BCUT2D eigenvalue weighted by Crippen LogP contribution is -2.35. The Hall–Kier alpha value is -2.89. The maximum atomic E-state index is 13.0. The molecule has 2 N–H and O–H groups in total. The third-order valence-electron chi connectivity index (χ3n) is 4.77. The Balaban J connectivity index is 1.82. The maximum Gasteiger partial charge on any atom is 0.269 e. The van der Waals surface area contributed by atoms with Gasteiger partial charge in [-0.3, -0.25) is 0 Å². The van der Waals surface area contributed by atoms with Gasteiger partial charge in [0, 0.05) is 23.8 Å². The fourth-order valence-corrected chi connectivity index (χ4v) is 4.68. The summed E-state index contributed by atoms with van der Waals surface area (Å²) in [4.78, 5) is 8.04. The molecular weight excluding hydrogens is 362 g/mol. The molecule has 3 heterocycles. The molecule has 2 aromatic heterocycles. The molecule has 7 nitrogen and oxygen atoms in total. The summed E-state index contributed by atoms with van der Waals surface area (Å²) in [6.07, 6.45) is 4.84. The second kappa shape index (κ2) is 7.02. The predicted molar refractivity (Wildman–Crippen MR) is 105 cm³/mol. The Morgan fingerprint density at radius 3 is 2.63 bits per heavy atom. The van der Waals surface area contributed by atoms with Gasteiger partial charge in [-0.2, -0.15) is 0 Å². The molecule has 0 amide bonds. The monoisotopic (exact) mass is 381 g/mol. The van der Waals surface area contributed by atoms with E-state index in [2.05, 4.69) is 20.5 Å². The summed E-state index contributed by atoms with van der Waals surface area (Å²) in [5, 5.41) is 7.40. The van der Waals surface area contributed by atoms with Crippen LogP contribution in [-0.2, 0) is 10.0 Å². The van der Waals surface area contributed by atoms with Gasteiger partial charge in [-0.1, -0.05) is 18.2 Å². The molecule has 27 heavy (non-hydrogen) atoms. The fraction of sp³-hybridized carbons (Fsp3) is 0.263. The van der Waals surface area contributed by atoms with Crippen molar-refractivity contribution in [3.8, 4) is 0 Å². The normalized spacial score (nSPS) is 15.5. The van der Waals surface area contributed by atoms with Crippen molar-refractivity contribution in [1.82, 2.24) is 14.3 Å². The summed E-state index contributed by atoms with van der Waals surface area (Å²) in [7, 11) is -3.75. The number of aromatic nitrogens is 2. The van der Waals surface area contributed by atoms with Crippen molar-refractivity contribution in [2.75, 3.05) is 18.4 Å². The average molecular weight is 381 g/mol. The molecule has 3 aromatic rings. The van der Waals surface area contributed by atoms with Crippen LogP contribution in [0.1, 0.15) is 12.8 Å². The fourth-order valence-electron chi connectivity index (χ4n) is 3.36. The molecule has 1 aliphatic rings. The van der Waals surface area contributed by atoms with Crippen molar-refractivity contribution < 1.29 is 8.42 Å². The van der Waals surface area contributed by atoms with Crippen LogP contribution in [0.4, 0.5) is 11.4 Å². The molecule has 0 bridgehead atoms. The predicted octanol–water partition coefficient (Wildman–Crippen LogP) is 2.99. The van der Waals surface area contributed by atoms with Gasteiger partial charge in [-0.05, 0) is 44.1 Å². The van der Waals surface area contributed by atoms with E-state index in [1.165, 1.54) is 16.4 Å². The van der Waals surface area contributed by atoms with Gasteiger partial charge in [-0.15, -0.1) is 0 Å². The quantitative estimate of drug-likeness (QED) is 0.679. The standard InChI is InChI=1S/C19H19N5O2S/c1-20-17-13-22-19-16(18(17)23-14-7-10-21-11-8-14)9-12-24(19)27(25,26)15-5-3-2-4-6-15/h2-6,9,12-14,21H,7-8,10-11H2,(H,22,23). The van der Waals surface area contributed by atoms with E-state index >= 15 is 0 Å². The van der Waals surface area contributed by atoms with E-state index < -0.39 is 10.0 Å². The Bertz CT molecular complexity index is 1110. The third-order valence-corrected chi connectivity index (χ3v) is 6.45. The second-order valence-electron chi connectivity index (χ2n) is 6.47. The van der Waals surface area contributed by atoms with Crippen LogP contribution >= 0.6 is 0 Å². The molecule has 0 spiro atoms. The van der Waals surface area contributed by atoms with Crippen molar-refractivity contribution in [3.05, 3.63) is 60.2 Å². The first-order valence-electron chi connectivity index (χ1n) is 8.76. The number of hydrogen-bond acceptors (Lipinski definition) is 5. The first-order valence-corrected chi connectivity index (χ1v) is 10.2. The van der Waals surface area contributed by atoms with Gasteiger partial charge < -0.3 is 10.6 Å². The van der Waals surface area contributed by atoms with Gasteiger partial charge in [0.05, 0.1) is 17.2 Å². The molecule has 138 valence electrons. The Morgan fingerprint density at radius 1 is 1.19 bits per heavy atom. The Labute approximate surface area is 157 Å². The summed E-state index contributed by atoms with van der Waals surface area (Å²) >= 11 is 0. The summed E-state index contributed by atoms with van der Waals surface area (Å²) in [6.45, 7) is 9.29. The highest BCUT2D eigenvalue weighted by atomic mass is 32.2. The number of benzene rings is 1. The lowest BCUT2D eigenvalue weighted by atomic mass is 10.1. The van der Waals surface area contributed by atoms with E-state index in [0.29, 0.717) is 22.4 Å². The minimum atomic E-state index is -3.75. The van der Waals surface area contributed by atoms with E-state index in [1.54, 1.807) is 36.4 Å². The molecule has 0 aliphatic carbocycles. The summed E-state index contributed by atoms with van der Waals surface area (Å²) < 4.78 is 27.2. The SMILES string of the molecule is [C-]#[N+]c1cnc2c(ccn2S(=O)(=O)c2ccccc2)c1NC1CCNCC1. The lowest BCUT2D eigenvalue weighted by Gasteiger charge is -2.25. The van der Waals surface area contributed by atoms with E-state index in [1.807, 2.05) is 0 Å². The first-order chi connectivity index (χ1) is 13.1. The summed E-state index contributed by atoms with van der Waals surface area (Å²) in [5.74, 6) is 0. The van der Waals surface area contributed by atoms with Gasteiger partial charge in [0.1, 0.15) is 0 Å². The Morgan fingerprint density at radius 2 is 1.93 bits per heavy atom. The topological polar surface area (TPSA) is 80.4 Å². The second-order valence-corrected chi connectivity index (χ2v) is 8.28. The average Bonchev–Trinajstić information content (AvgIpc) is 3.15. The van der Waals surface area contributed by atoms with Crippen LogP contribution in [0, 0.1) is 6.57 Å². The number of anilines is 1. The molecule has 4 rings (SSSR count). The molecule has 1 fully saturated rings. The van der Waals surface area contributed by atoms with Crippen LogP contribution in [0.25, 0.3) is 15.9 Å². The van der Waals surface area contributed by atoms with Gasteiger partial charge in [0.15, 0.2) is 5.65 Å². The van der Waals surface area contributed by atoms with E-state index in [0.717, 1.165) is 25.9 Å². The lowest BCUT2D eigenvalue weighted by molar-refractivity contribution is 0.479. The maximum absolute atomic E-state index is 13.0. The van der Waals surface area contributed by atoms with E-state index in [-0.39, 0.29) is 10.9 Å². The highest BCUT2D eigenvalue weighted by molar-refractivity contribution is 7.90. The number of piperidine rings is 1. The van der Waals surface area contributed by atoms with Crippen LogP contribution in [0.5, 0.6) is 0 Å². The van der Waals surface area contributed by atoms with Gasteiger partial charge in [0.2, 0.25) is 5.69 Å². The molecule has 1 aliphatic heterocycles. The van der Waals surface area contributed by atoms with Gasteiger partial charge >= 0.3 is 0 Å². The molecule has 0 unspecified atom stereocenters. The van der Waals surface area contributed by atoms with Crippen LogP contribution < -0.4 is 10.6 Å². The van der Waals surface area contributed by atoms with Crippen LogP contribution in [0.3, 0.4) is 0 Å². The van der Waals surface area contributed by atoms with E-state index in [4.69, 9.17) is 6.57 Å². The minimum Gasteiger partial charge on any atom is -0.390 e. The molecule has 1 saturated heterocycles. The largest absolute Gasteiger partial charge is 0.390 e. The number of fused-ring (bicyclic) bond motifs is 1. The van der Waals surface area contributed by atoms with Crippen molar-refractivity contribution in [1.29, 1.82) is 0 Å². The van der Waals surface area contributed by atoms with Crippen molar-refractivity contribution in [3.63, 3.8) is 0 Å². The number of rotatable bonds is 4. The number of pyridine rings is 1. The number of hydrogen-bond donors (Lipinski definition) is 2. The molecule has 0 radical (unpaired) electrons. The highest BCUT2D eigenvalue weighted by Crippen LogP contribution is 2.35. The molecule has 8 heteroatoms.